The molecule has 0 spiro atoms. The monoisotopic (exact) mass is 312 g/mol. The van der Waals surface area contributed by atoms with E-state index in [1.807, 2.05) is 0 Å². The number of rotatable bonds is 9. The van der Waals surface area contributed by atoms with E-state index in [2.05, 4.69) is 10.6 Å². The Balaban J connectivity index is 2.81. The second-order valence-corrected chi connectivity index (χ2v) is 4.82. The van der Waals surface area contributed by atoms with Crippen molar-refractivity contribution >= 4 is 23.9 Å². The van der Waals surface area contributed by atoms with Gasteiger partial charge >= 0.3 is 11.7 Å². The standard InChI is InChI=1S/C13H20N4O5/c1-16-11(14-7-5-3-4-6-9(19)20)10(15-8-18)12(21)17(2)13(16)22/h8,14H,3-7H2,1-2H3,(H,15,18)(H,19,20). The smallest absolute Gasteiger partial charge is 0.332 e. The van der Waals surface area contributed by atoms with Gasteiger partial charge in [-0.15, -0.1) is 0 Å². The summed E-state index contributed by atoms with van der Waals surface area (Å²) in [5, 5.41) is 13.8. The van der Waals surface area contributed by atoms with Gasteiger partial charge in [-0.1, -0.05) is 6.42 Å². The van der Waals surface area contributed by atoms with Crippen LogP contribution < -0.4 is 21.9 Å². The number of nitrogens with one attached hydrogen (secondary N) is 2. The molecule has 0 aromatic carbocycles. The Bertz CT molecular complexity index is 662. The molecule has 0 aliphatic rings. The second kappa shape index (κ2) is 8.01. The van der Waals surface area contributed by atoms with Crippen LogP contribution in [-0.4, -0.2) is 33.2 Å². The molecule has 0 atom stereocenters. The lowest BCUT2D eigenvalue weighted by Crippen LogP contribution is -2.39. The molecule has 9 heteroatoms. The van der Waals surface area contributed by atoms with Gasteiger partial charge in [0.05, 0.1) is 0 Å². The van der Waals surface area contributed by atoms with Crippen molar-refractivity contribution in [1.29, 1.82) is 0 Å². The maximum Gasteiger partial charge on any atom is 0.332 e. The van der Waals surface area contributed by atoms with E-state index in [0.29, 0.717) is 32.2 Å². The molecule has 0 unspecified atom stereocenters. The number of hydrogen-bond donors (Lipinski definition) is 3. The van der Waals surface area contributed by atoms with Crippen molar-refractivity contribution in [3.63, 3.8) is 0 Å². The third-order valence-electron chi connectivity index (χ3n) is 3.23. The largest absolute Gasteiger partial charge is 0.481 e. The Morgan fingerprint density at radius 2 is 1.86 bits per heavy atom. The molecule has 0 aliphatic carbocycles. The van der Waals surface area contributed by atoms with Crippen LogP contribution in [0, 0.1) is 0 Å². The van der Waals surface area contributed by atoms with E-state index in [4.69, 9.17) is 5.11 Å². The number of carbonyl (C=O) groups is 2. The van der Waals surface area contributed by atoms with Gasteiger partial charge in [0.1, 0.15) is 11.5 Å². The topological polar surface area (TPSA) is 122 Å². The van der Waals surface area contributed by atoms with Gasteiger partial charge in [0.2, 0.25) is 6.41 Å². The van der Waals surface area contributed by atoms with Crippen LogP contribution in [0.15, 0.2) is 9.59 Å². The van der Waals surface area contributed by atoms with Crippen LogP contribution in [0.5, 0.6) is 0 Å². The van der Waals surface area contributed by atoms with Crippen molar-refractivity contribution in [2.45, 2.75) is 25.7 Å². The van der Waals surface area contributed by atoms with Crippen LogP contribution >= 0.6 is 0 Å². The number of aromatic nitrogens is 2. The van der Waals surface area contributed by atoms with Gasteiger partial charge in [-0.25, -0.2) is 4.79 Å². The van der Waals surface area contributed by atoms with Gasteiger partial charge in [0.15, 0.2) is 0 Å². The quantitative estimate of drug-likeness (QED) is 0.425. The van der Waals surface area contributed by atoms with E-state index < -0.39 is 17.2 Å². The van der Waals surface area contributed by atoms with Crippen LogP contribution in [0.1, 0.15) is 25.7 Å². The van der Waals surface area contributed by atoms with E-state index in [9.17, 15) is 19.2 Å². The number of amides is 1. The molecule has 122 valence electrons. The van der Waals surface area contributed by atoms with E-state index in [1.165, 1.54) is 18.7 Å². The fraction of sp³-hybridized carbons (Fsp3) is 0.538. The Kier molecular flexibility index (Phi) is 6.36. The second-order valence-electron chi connectivity index (χ2n) is 4.82. The number of nitrogens with zero attached hydrogens (tertiary/aromatic N) is 2. The van der Waals surface area contributed by atoms with Gasteiger partial charge in [-0.05, 0) is 12.8 Å². The first kappa shape index (κ1) is 17.5. The number of carboxylic acid groups (broad SMARTS) is 1. The van der Waals surface area contributed by atoms with E-state index in [1.54, 1.807) is 0 Å². The van der Waals surface area contributed by atoms with Crippen molar-refractivity contribution in [2.24, 2.45) is 14.1 Å². The Labute approximate surface area is 126 Å². The molecule has 0 aliphatic heterocycles. The van der Waals surface area contributed by atoms with Crippen molar-refractivity contribution in [2.75, 3.05) is 17.2 Å². The summed E-state index contributed by atoms with van der Waals surface area (Å²) in [6.07, 6.45) is 2.43. The lowest BCUT2D eigenvalue weighted by atomic mass is 10.2. The minimum atomic E-state index is -0.834. The van der Waals surface area contributed by atoms with E-state index in [0.717, 1.165) is 4.57 Å². The molecule has 0 bridgehead atoms. The number of unbranched alkanes of at least 4 members (excludes halogenated alkanes) is 2. The van der Waals surface area contributed by atoms with Crippen LogP contribution in [0.2, 0.25) is 0 Å². The molecule has 1 aromatic rings. The average Bonchev–Trinajstić information content (AvgIpc) is 2.48. The molecule has 0 saturated carbocycles. The van der Waals surface area contributed by atoms with Gasteiger partial charge in [0.25, 0.3) is 5.56 Å². The Morgan fingerprint density at radius 3 is 2.45 bits per heavy atom. The number of carbonyl (C=O) groups excluding carboxylic acids is 1. The maximum atomic E-state index is 12.0. The molecule has 1 aromatic heterocycles. The van der Waals surface area contributed by atoms with Crippen molar-refractivity contribution in [3.05, 3.63) is 20.8 Å². The zero-order valence-electron chi connectivity index (χ0n) is 12.6. The number of hydrogen-bond acceptors (Lipinski definition) is 5. The normalized spacial score (nSPS) is 10.3. The fourth-order valence-corrected chi connectivity index (χ4v) is 2.02. The molecule has 0 saturated heterocycles. The summed E-state index contributed by atoms with van der Waals surface area (Å²) in [5.41, 5.74) is -1.09. The highest BCUT2D eigenvalue weighted by Crippen LogP contribution is 2.13. The summed E-state index contributed by atoms with van der Waals surface area (Å²) in [5.74, 6) is -0.599. The molecule has 1 heterocycles. The number of anilines is 2. The average molecular weight is 312 g/mol. The van der Waals surface area contributed by atoms with Crippen LogP contribution in [0.25, 0.3) is 0 Å². The first-order chi connectivity index (χ1) is 10.4. The molecule has 0 fully saturated rings. The Hall–Kier alpha value is -2.58. The predicted molar refractivity (Wildman–Crippen MR) is 81.2 cm³/mol. The van der Waals surface area contributed by atoms with Crippen molar-refractivity contribution < 1.29 is 14.7 Å². The number of carboxylic acids is 1. The molecule has 3 N–H and O–H groups in total. The van der Waals surface area contributed by atoms with Crippen molar-refractivity contribution in [1.82, 2.24) is 9.13 Å². The summed E-state index contributed by atoms with van der Waals surface area (Å²) in [6.45, 7) is 0.452. The zero-order valence-corrected chi connectivity index (χ0v) is 12.6. The Morgan fingerprint density at radius 1 is 1.18 bits per heavy atom. The minimum Gasteiger partial charge on any atom is -0.481 e. The summed E-state index contributed by atoms with van der Waals surface area (Å²) in [4.78, 5) is 44.9. The molecule has 1 amide bonds. The molecular formula is C13H20N4O5. The van der Waals surface area contributed by atoms with E-state index in [-0.39, 0.29) is 17.9 Å². The van der Waals surface area contributed by atoms with Gasteiger partial charge in [-0.2, -0.15) is 0 Å². The SMILES string of the molecule is Cn1c(NCCCCCC(=O)O)c(NC=O)c(=O)n(C)c1=O. The lowest BCUT2D eigenvalue weighted by molar-refractivity contribution is -0.137. The lowest BCUT2D eigenvalue weighted by Gasteiger charge is -2.15. The van der Waals surface area contributed by atoms with Crippen LogP contribution in [0.4, 0.5) is 11.5 Å². The maximum absolute atomic E-state index is 12.0. The summed E-state index contributed by atoms with van der Waals surface area (Å²) >= 11 is 0. The van der Waals surface area contributed by atoms with Gasteiger partial charge < -0.3 is 15.7 Å². The summed E-state index contributed by atoms with van der Waals surface area (Å²) < 4.78 is 2.15. The first-order valence-corrected chi connectivity index (χ1v) is 6.86. The third-order valence-corrected chi connectivity index (χ3v) is 3.23. The molecule has 22 heavy (non-hydrogen) atoms. The van der Waals surface area contributed by atoms with Crippen LogP contribution in [-0.2, 0) is 23.7 Å². The molecular weight excluding hydrogens is 292 g/mol. The summed E-state index contributed by atoms with van der Waals surface area (Å²) in [6, 6.07) is 0. The highest BCUT2D eigenvalue weighted by molar-refractivity contribution is 5.78. The molecule has 1 rings (SSSR count). The highest BCUT2D eigenvalue weighted by atomic mass is 16.4. The third kappa shape index (κ3) is 4.21. The summed E-state index contributed by atoms with van der Waals surface area (Å²) in [7, 11) is 2.82. The van der Waals surface area contributed by atoms with E-state index >= 15 is 0 Å². The highest BCUT2D eigenvalue weighted by Gasteiger charge is 2.14. The molecule has 0 radical (unpaired) electrons. The fourth-order valence-electron chi connectivity index (χ4n) is 2.02. The molecule has 9 nitrogen and oxygen atoms in total. The van der Waals surface area contributed by atoms with Crippen LogP contribution in [0.3, 0.4) is 0 Å². The minimum absolute atomic E-state index is 0.00476. The number of aliphatic carboxylic acids is 1. The zero-order chi connectivity index (χ0) is 16.7. The van der Waals surface area contributed by atoms with Gasteiger partial charge in [0, 0.05) is 27.1 Å². The first-order valence-electron chi connectivity index (χ1n) is 6.86. The predicted octanol–water partition coefficient (Wildman–Crippen LogP) is -0.291. The van der Waals surface area contributed by atoms with Crippen molar-refractivity contribution in [3.8, 4) is 0 Å². The van der Waals surface area contributed by atoms with Gasteiger partial charge in [-0.3, -0.25) is 23.5 Å².